The van der Waals surface area contributed by atoms with Crippen LogP contribution >= 0.6 is 11.3 Å². The standard InChI is InChI=1S/C22H19N3O2S/c1-15-14-28-19(24-15)10-11-23-22(27)21(26)20-18(16-7-3-2-4-8-16)13-17-9-5-6-12-25(17)20/h2-9,12-14H,10-11H2,1H3,(H,23,27). The van der Waals surface area contributed by atoms with Gasteiger partial charge in [0, 0.05) is 41.3 Å². The molecule has 4 rings (SSSR count). The molecule has 0 bridgehead atoms. The van der Waals surface area contributed by atoms with E-state index in [0.29, 0.717) is 18.7 Å². The van der Waals surface area contributed by atoms with Crippen LogP contribution in [0.25, 0.3) is 16.6 Å². The molecule has 5 nitrogen and oxygen atoms in total. The molecule has 0 aliphatic rings. The van der Waals surface area contributed by atoms with Crippen molar-refractivity contribution in [2.75, 3.05) is 6.54 Å². The third-order valence-electron chi connectivity index (χ3n) is 4.48. The van der Waals surface area contributed by atoms with Gasteiger partial charge in [-0.05, 0) is 30.7 Å². The quantitative estimate of drug-likeness (QED) is 0.402. The zero-order valence-electron chi connectivity index (χ0n) is 15.4. The number of benzene rings is 1. The van der Waals surface area contributed by atoms with Gasteiger partial charge in [-0.2, -0.15) is 0 Å². The van der Waals surface area contributed by atoms with E-state index in [1.165, 1.54) is 0 Å². The Morgan fingerprint density at radius 3 is 2.64 bits per heavy atom. The minimum absolute atomic E-state index is 0.376. The molecule has 140 valence electrons. The number of hydrogen-bond acceptors (Lipinski definition) is 4. The number of Topliss-reactive ketones (excluding diaryl/α,β-unsaturated/α-hetero) is 1. The molecule has 0 saturated carbocycles. The van der Waals surface area contributed by atoms with Crippen LogP contribution in [-0.4, -0.2) is 27.6 Å². The molecule has 28 heavy (non-hydrogen) atoms. The third-order valence-corrected chi connectivity index (χ3v) is 5.50. The Kier molecular flexibility index (Phi) is 5.04. The van der Waals surface area contributed by atoms with Gasteiger partial charge in [0.15, 0.2) is 0 Å². The molecule has 0 aliphatic heterocycles. The first-order chi connectivity index (χ1) is 13.6. The van der Waals surface area contributed by atoms with E-state index in [1.54, 1.807) is 21.9 Å². The molecule has 1 N–H and O–H groups in total. The predicted molar refractivity (Wildman–Crippen MR) is 111 cm³/mol. The topological polar surface area (TPSA) is 63.5 Å². The Morgan fingerprint density at radius 1 is 1.11 bits per heavy atom. The molecule has 0 spiro atoms. The molecule has 0 radical (unpaired) electrons. The first-order valence-electron chi connectivity index (χ1n) is 9.02. The molecular weight excluding hydrogens is 370 g/mol. The fraction of sp³-hybridized carbons (Fsp3) is 0.136. The maximum atomic E-state index is 13.0. The van der Waals surface area contributed by atoms with E-state index in [2.05, 4.69) is 10.3 Å². The molecule has 0 saturated heterocycles. The van der Waals surface area contributed by atoms with E-state index < -0.39 is 11.7 Å². The molecule has 0 unspecified atom stereocenters. The van der Waals surface area contributed by atoms with Crippen LogP contribution in [0, 0.1) is 6.92 Å². The Hall–Kier alpha value is -3.25. The van der Waals surface area contributed by atoms with Crippen molar-refractivity contribution in [3.8, 4) is 11.1 Å². The number of carbonyl (C=O) groups excluding carboxylic acids is 2. The highest BCUT2D eigenvalue weighted by atomic mass is 32.1. The van der Waals surface area contributed by atoms with Gasteiger partial charge in [0.25, 0.3) is 11.7 Å². The number of nitrogens with zero attached hydrogens (tertiary/aromatic N) is 2. The lowest BCUT2D eigenvalue weighted by Gasteiger charge is -2.07. The highest BCUT2D eigenvalue weighted by molar-refractivity contribution is 7.09. The maximum absolute atomic E-state index is 13.0. The highest BCUT2D eigenvalue weighted by Gasteiger charge is 2.24. The Labute approximate surface area is 166 Å². The number of aromatic nitrogens is 2. The summed E-state index contributed by atoms with van der Waals surface area (Å²) in [7, 11) is 0. The van der Waals surface area contributed by atoms with Gasteiger partial charge in [-0.25, -0.2) is 4.98 Å². The fourth-order valence-corrected chi connectivity index (χ4v) is 3.96. The van der Waals surface area contributed by atoms with Gasteiger partial charge in [0.1, 0.15) is 5.69 Å². The summed E-state index contributed by atoms with van der Waals surface area (Å²) in [6, 6.07) is 17.3. The largest absolute Gasteiger partial charge is 0.349 e. The van der Waals surface area contributed by atoms with Gasteiger partial charge < -0.3 is 9.72 Å². The first-order valence-corrected chi connectivity index (χ1v) is 9.90. The number of aryl methyl sites for hydroxylation is 1. The molecule has 1 amide bonds. The summed E-state index contributed by atoms with van der Waals surface area (Å²) < 4.78 is 1.77. The van der Waals surface area contributed by atoms with Gasteiger partial charge in [0.2, 0.25) is 0 Å². The van der Waals surface area contributed by atoms with Crippen molar-refractivity contribution in [3.05, 3.63) is 82.6 Å². The summed E-state index contributed by atoms with van der Waals surface area (Å²) >= 11 is 1.56. The number of amides is 1. The monoisotopic (exact) mass is 389 g/mol. The number of thiazole rings is 1. The Bertz CT molecular complexity index is 1150. The SMILES string of the molecule is Cc1csc(CCNC(=O)C(=O)c2c(-c3ccccc3)cc3ccccn23)n1. The van der Waals surface area contributed by atoms with Crippen molar-refractivity contribution in [1.82, 2.24) is 14.7 Å². The van der Waals surface area contributed by atoms with Crippen molar-refractivity contribution in [2.45, 2.75) is 13.3 Å². The number of fused-ring (bicyclic) bond motifs is 1. The van der Waals surface area contributed by atoms with Crippen molar-refractivity contribution < 1.29 is 9.59 Å². The van der Waals surface area contributed by atoms with Crippen LogP contribution in [0.5, 0.6) is 0 Å². The van der Waals surface area contributed by atoms with Crippen LogP contribution in [0.1, 0.15) is 21.2 Å². The minimum atomic E-state index is -0.602. The number of ketones is 1. The second-order valence-corrected chi connectivity index (χ2v) is 7.43. The van der Waals surface area contributed by atoms with Crippen LogP contribution in [0.4, 0.5) is 0 Å². The minimum Gasteiger partial charge on any atom is -0.349 e. The Morgan fingerprint density at radius 2 is 1.89 bits per heavy atom. The number of hydrogen-bond donors (Lipinski definition) is 1. The fourth-order valence-electron chi connectivity index (χ4n) is 3.18. The molecule has 0 atom stereocenters. The second-order valence-electron chi connectivity index (χ2n) is 6.49. The molecule has 0 fully saturated rings. The van der Waals surface area contributed by atoms with Gasteiger partial charge in [-0.15, -0.1) is 11.3 Å². The lowest BCUT2D eigenvalue weighted by molar-refractivity contribution is -0.117. The lowest BCUT2D eigenvalue weighted by Crippen LogP contribution is -2.33. The normalized spacial score (nSPS) is 10.9. The Balaban J connectivity index is 1.60. The molecular formula is C22H19N3O2S. The number of rotatable bonds is 6. The van der Waals surface area contributed by atoms with Crippen molar-refractivity contribution >= 4 is 28.5 Å². The van der Waals surface area contributed by atoms with E-state index in [0.717, 1.165) is 27.3 Å². The van der Waals surface area contributed by atoms with Crippen LogP contribution < -0.4 is 5.32 Å². The predicted octanol–water partition coefficient (Wildman–Crippen LogP) is 3.91. The van der Waals surface area contributed by atoms with Gasteiger partial charge >= 0.3 is 0 Å². The summed E-state index contributed by atoms with van der Waals surface area (Å²) in [6.45, 7) is 2.31. The van der Waals surface area contributed by atoms with Crippen LogP contribution in [-0.2, 0) is 11.2 Å². The second kappa shape index (κ2) is 7.78. The molecule has 4 aromatic rings. The van der Waals surface area contributed by atoms with Crippen molar-refractivity contribution in [3.63, 3.8) is 0 Å². The van der Waals surface area contributed by atoms with E-state index in [-0.39, 0.29) is 0 Å². The number of nitrogens with one attached hydrogen (secondary N) is 1. The van der Waals surface area contributed by atoms with Crippen LogP contribution in [0.15, 0.2) is 66.2 Å². The average molecular weight is 389 g/mol. The summed E-state index contributed by atoms with van der Waals surface area (Å²) in [5.41, 5.74) is 3.87. The number of carbonyl (C=O) groups is 2. The molecule has 6 heteroatoms. The summed E-state index contributed by atoms with van der Waals surface area (Å²) in [5, 5.41) is 5.66. The summed E-state index contributed by atoms with van der Waals surface area (Å²) in [4.78, 5) is 30.0. The van der Waals surface area contributed by atoms with Crippen molar-refractivity contribution in [1.29, 1.82) is 0 Å². The third kappa shape index (κ3) is 3.59. The average Bonchev–Trinajstić information content (AvgIpc) is 3.31. The van der Waals surface area contributed by atoms with Gasteiger partial charge in [-0.3, -0.25) is 9.59 Å². The molecule has 3 aromatic heterocycles. The molecule has 1 aromatic carbocycles. The molecule has 3 heterocycles. The van der Waals surface area contributed by atoms with E-state index >= 15 is 0 Å². The molecule has 0 aliphatic carbocycles. The first kappa shape index (κ1) is 18.1. The maximum Gasteiger partial charge on any atom is 0.294 e. The van der Waals surface area contributed by atoms with Gasteiger partial charge in [0.05, 0.1) is 5.01 Å². The van der Waals surface area contributed by atoms with E-state index in [9.17, 15) is 9.59 Å². The van der Waals surface area contributed by atoms with Gasteiger partial charge in [-0.1, -0.05) is 36.4 Å². The highest BCUT2D eigenvalue weighted by Crippen LogP contribution is 2.28. The van der Waals surface area contributed by atoms with Crippen LogP contribution in [0.3, 0.4) is 0 Å². The van der Waals surface area contributed by atoms with Crippen LogP contribution in [0.2, 0.25) is 0 Å². The summed E-state index contributed by atoms with van der Waals surface area (Å²) in [6.07, 6.45) is 2.42. The van der Waals surface area contributed by atoms with E-state index in [4.69, 9.17) is 0 Å². The number of pyridine rings is 1. The van der Waals surface area contributed by atoms with E-state index in [1.807, 2.05) is 66.9 Å². The smallest absolute Gasteiger partial charge is 0.294 e. The lowest BCUT2D eigenvalue weighted by atomic mass is 10.0. The zero-order valence-corrected chi connectivity index (χ0v) is 16.2. The zero-order chi connectivity index (χ0) is 19.5. The summed E-state index contributed by atoms with van der Waals surface area (Å²) in [5.74, 6) is -1.14. The van der Waals surface area contributed by atoms with Crippen molar-refractivity contribution in [2.24, 2.45) is 0 Å².